The van der Waals surface area contributed by atoms with Crippen LogP contribution in [0.5, 0.6) is 5.75 Å². The van der Waals surface area contributed by atoms with Gasteiger partial charge in [-0.25, -0.2) is 4.79 Å². The van der Waals surface area contributed by atoms with Crippen molar-refractivity contribution in [1.29, 1.82) is 0 Å². The van der Waals surface area contributed by atoms with E-state index in [-0.39, 0.29) is 42.1 Å². The maximum absolute atomic E-state index is 13.4. The number of aliphatic hydroxyl groups is 2. The number of benzene rings is 3. The highest BCUT2D eigenvalue weighted by molar-refractivity contribution is 5.97. The van der Waals surface area contributed by atoms with E-state index < -0.39 is 29.4 Å². The van der Waals surface area contributed by atoms with E-state index in [2.05, 4.69) is 0 Å². The molecule has 0 saturated carbocycles. The Hall–Kier alpha value is -3.36. The lowest BCUT2D eigenvalue weighted by Crippen LogP contribution is -2.47. The summed E-state index contributed by atoms with van der Waals surface area (Å²) in [5, 5.41) is 22.0. The van der Waals surface area contributed by atoms with Gasteiger partial charge in [0.05, 0.1) is 17.7 Å². The summed E-state index contributed by atoms with van der Waals surface area (Å²) in [7, 11) is 0. The molecule has 0 unspecified atom stereocenters. The molecule has 2 atom stereocenters. The number of aliphatic hydroxyl groups excluding tert-OH is 1. The van der Waals surface area contributed by atoms with Crippen molar-refractivity contribution in [2.24, 2.45) is 0 Å². The monoisotopic (exact) mass is 472 g/mol. The zero-order valence-electron chi connectivity index (χ0n) is 18.3. The van der Waals surface area contributed by atoms with Crippen LogP contribution in [-0.4, -0.2) is 35.0 Å². The molecule has 0 saturated heterocycles. The Morgan fingerprint density at radius 1 is 1.12 bits per heavy atom. The van der Waals surface area contributed by atoms with Gasteiger partial charge in [0.2, 0.25) is 0 Å². The Kier molecular flexibility index (Phi) is 6.38. The van der Waals surface area contributed by atoms with Crippen molar-refractivity contribution in [2.45, 2.75) is 31.2 Å². The van der Waals surface area contributed by atoms with Crippen molar-refractivity contribution in [3.05, 3.63) is 89.0 Å². The molecule has 178 valence electrons. The summed E-state index contributed by atoms with van der Waals surface area (Å²) < 4.78 is 50.8. The number of ether oxygens (including phenoxy) is 2. The number of hydrogen-bond donors (Lipinski definition) is 2. The summed E-state index contributed by atoms with van der Waals surface area (Å²) in [6.07, 6.45) is -5.73. The lowest BCUT2D eigenvalue weighted by molar-refractivity contribution is -0.137. The fraction of sp³-hybridized carbons (Fsp3) is 0.269. The molecule has 0 spiro atoms. The average molecular weight is 472 g/mol. The molecule has 1 heterocycles. The molecule has 8 heteroatoms. The van der Waals surface area contributed by atoms with Gasteiger partial charge in [0.1, 0.15) is 24.1 Å². The van der Waals surface area contributed by atoms with Crippen LogP contribution in [0.2, 0.25) is 0 Å². The van der Waals surface area contributed by atoms with Crippen molar-refractivity contribution >= 4 is 5.97 Å². The van der Waals surface area contributed by atoms with E-state index >= 15 is 0 Å². The number of halogens is 3. The van der Waals surface area contributed by atoms with Crippen LogP contribution in [0, 0.1) is 0 Å². The number of alkyl halides is 3. The van der Waals surface area contributed by atoms with Crippen LogP contribution in [0.4, 0.5) is 13.2 Å². The van der Waals surface area contributed by atoms with Gasteiger partial charge < -0.3 is 19.7 Å². The van der Waals surface area contributed by atoms with Crippen LogP contribution in [0.25, 0.3) is 11.1 Å². The first-order valence-electron chi connectivity index (χ1n) is 10.7. The largest absolute Gasteiger partial charge is 0.490 e. The molecule has 3 aromatic carbocycles. The lowest BCUT2D eigenvalue weighted by atomic mass is 9.83. The molecule has 34 heavy (non-hydrogen) atoms. The minimum absolute atomic E-state index is 0.0215. The van der Waals surface area contributed by atoms with Crippen LogP contribution in [-0.2, 0) is 17.3 Å². The van der Waals surface area contributed by atoms with Gasteiger partial charge in [-0.3, -0.25) is 0 Å². The Morgan fingerprint density at radius 2 is 1.85 bits per heavy atom. The predicted octanol–water partition coefficient (Wildman–Crippen LogP) is 4.95. The third kappa shape index (κ3) is 4.64. The van der Waals surface area contributed by atoms with E-state index in [1.165, 1.54) is 18.2 Å². The number of carbonyl (C=O) groups excluding carboxylic acids is 1. The Bertz CT molecular complexity index is 1190. The number of carbonyl (C=O) groups is 1. The van der Waals surface area contributed by atoms with Crippen molar-refractivity contribution < 1.29 is 37.7 Å². The van der Waals surface area contributed by atoms with Gasteiger partial charge >= 0.3 is 12.1 Å². The summed E-state index contributed by atoms with van der Waals surface area (Å²) in [6.45, 7) is 1.46. The van der Waals surface area contributed by atoms with Crippen LogP contribution < -0.4 is 4.74 Å². The van der Waals surface area contributed by atoms with E-state index in [1.807, 2.05) is 30.3 Å². The maximum Gasteiger partial charge on any atom is 0.416 e. The molecule has 2 N–H and O–H groups in total. The van der Waals surface area contributed by atoms with E-state index in [4.69, 9.17) is 9.47 Å². The fourth-order valence-corrected chi connectivity index (χ4v) is 4.07. The predicted molar refractivity (Wildman–Crippen MR) is 118 cm³/mol. The summed E-state index contributed by atoms with van der Waals surface area (Å²) >= 11 is 0. The molecule has 1 aliphatic rings. The van der Waals surface area contributed by atoms with Gasteiger partial charge in [0.25, 0.3) is 0 Å². The topological polar surface area (TPSA) is 76.0 Å². The minimum atomic E-state index is -4.60. The summed E-state index contributed by atoms with van der Waals surface area (Å²) in [4.78, 5) is 12.4. The molecule has 1 aliphatic heterocycles. The zero-order chi connectivity index (χ0) is 24.5. The normalized spacial score (nSPS) is 19.8. The highest BCUT2D eigenvalue weighted by Crippen LogP contribution is 2.42. The van der Waals surface area contributed by atoms with Gasteiger partial charge in [-0.15, -0.1) is 0 Å². The second-order valence-corrected chi connectivity index (χ2v) is 8.19. The van der Waals surface area contributed by atoms with E-state index in [0.717, 1.165) is 23.8 Å². The SMILES string of the molecule is CCOC(=O)c1ccc(C(F)(F)F)cc1-c1ccc2c(c1)OC[C@@](O)(Cc1ccccc1)[C@@H]2O. The van der Waals surface area contributed by atoms with E-state index in [1.54, 1.807) is 6.92 Å². The molecule has 0 aliphatic carbocycles. The van der Waals surface area contributed by atoms with Crippen LogP contribution in [0.15, 0.2) is 66.7 Å². The highest BCUT2D eigenvalue weighted by Gasteiger charge is 2.43. The van der Waals surface area contributed by atoms with Crippen molar-refractivity contribution in [2.75, 3.05) is 13.2 Å². The average Bonchev–Trinajstić information content (AvgIpc) is 2.81. The third-order valence-electron chi connectivity index (χ3n) is 5.80. The van der Waals surface area contributed by atoms with Gasteiger partial charge in [-0.05, 0) is 47.9 Å². The second kappa shape index (κ2) is 9.12. The fourth-order valence-electron chi connectivity index (χ4n) is 4.07. The standard InChI is InChI=1S/C26H23F3O5/c1-2-33-24(31)19-11-9-18(26(27,28)29)13-21(19)17-8-10-20-22(12-17)34-15-25(32,23(20)30)14-16-6-4-3-5-7-16/h3-13,23,30,32H,2,14-15H2,1H3/t23-,25+/m1/s1. The van der Waals surface area contributed by atoms with Crippen molar-refractivity contribution in [1.82, 2.24) is 0 Å². The van der Waals surface area contributed by atoms with Gasteiger partial charge in [-0.1, -0.05) is 42.5 Å². The smallest absolute Gasteiger partial charge is 0.416 e. The molecular weight excluding hydrogens is 449 g/mol. The van der Waals surface area contributed by atoms with Crippen LogP contribution >= 0.6 is 0 Å². The molecular formula is C26H23F3O5. The molecule has 0 radical (unpaired) electrons. The zero-order valence-corrected chi connectivity index (χ0v) is 18.3. The molecule has 0 aromatic heterocycles. The molecule has 5 nitrogen and oxygen atoms in total. The summed E-state index contributed by atoms with van der Waals surface area (Å²) in [5.41, 5.74) is -1.08. The highest BCUT2D eigenvalue weighted by atomic mass is 19.4. The quantitative estimate of drug-likeness (QED) is 0.514. The van der Waals surface area contributed by atoms with Crippen molar-refractivity contribution in [3.63, 3.8) is 0 Å². The first-order chi connectivity index (χ1) is 16.1. The van der Waals surface area contributed by atoms with Crippen molar-refractivity contribution in [3.8, 4) is 16.9 Å². The number of esters is 1. The Labute approximate surface area is 194 Å². The Balaban J connectivity index is 1.72. The first-order valence-corrected chi connectivity index (χ1v) is 10.7. The van der Waals surface area contributed by atoms with Crippen LogP contribution in [0.3, 0.4) is 0 Å². The number of rotatable bonds is 5. The summed E-state index contributed by atoms with van der Waals surface area (Å²) in [6, 6.07) is 16.4. The summed E-state index contributed by atoms with van der Waals surface area (Å²) in [5.74, 6) is -0.530. The maximum atomic E-state index is 13.4. The van der Waals surface area contributed by atoms with Crippen LogP contribution in [0.1, 0.15) is 40.1 Å². The Morgan fingerprint density at radius 3 is 2.53 bits per heavy atom. The number of hydrogen-bond acceptors (Lipinski definition) is 5. The minimum Gasteiger partial charge on any atom is -0.490 e. The molecule has 0 amide bonds. The molecule has 0 fully saturated rings. The van der Waals surface area contributed by atoms with Gasteiger partial charge in [0, 0.05) is 12.0 Å². The molecule has 3 aromatic rings. The van der Waals surface area contributed by atoms with Gasteiger partial charge in [-0.2, -0.15) is 13.2 Å². The van der Waals surface area contributed by atoms with E-state index in [9.17, 15) is 28.2 Å². The van der Waals surface area contributed by atoms with E-state index in [0.29, 0.717) is 5.56 Å². The molecule has 4 rings (SSSR count). The number of fused-ring (bicyclic) bond motifs is 1. The second-order valence-electron chi connectivity index (χ2n) is 8.19. The van der Waals surface area contributed by atoms with Gasteiger partial charge in [0.15, 0.2) is 0 Å². The lowest BCUT2D eigenvalue weighted by Gasteiger charge is -2.38. The molecule has 0 bridgehead atoms. The third-order valence-corrected chi connectivity index (χ3v) is 5.80. The first kappa shape index (κ1) is 23.8.